The van der Waals surface area contributed by atoms with Crippen molar-refractivity contribution in [1.82, 2.24) is 8.46 Å². The molecule has 0 aliphatic heterocycles. The molecule has 11 heavy (non-hydrogen) atoms. The summed E-state index contributed by atoms with van der Waals surface area (Å²) in [5, 5.41) is 8.26. The van der Waals surface area contributed by atoms with Gasteiger partial charge in [-0.1, -0.05) is 0 Å². The number of hydrogen-bond donors (Lipinski definition) is 2. The van der Waals surface area contributed by atoms with Crippen molar-refractivity contribution in [3.63, 3.8) is 0 Å². The fourth-order valence-electron chi connectivity index (χ4n) is 0.273. The Bertz CT molecular complexity index is 206. The van der Waals surface area contributed by atoms with Gasteiger partial charge in [-0.25, -0.2) is 0 Å². The van der Waals surface area contributed by atoms with Gasteiger partial charge in [0.25, 0.3) is 0 Å². The minimum Gasteiger partial charge on any atom is -0.395 e. The van der Waals surface area contributed by atoms with Crippen LogP contribution in [0.4, 0.5) is 0 Å². The average Bonchev–Trinajstić information content (AvgIpc) is 1.85. The molecule has 0 aromatic heterocycles. The van der Waals surface area contributed by atoms with E-state index in [1.54, 1.807) is 0 Å². The molecule has 0 saturated heterocycles. The molecule has 0 fully saturated rings. The van der Waals surface area contributed by atoms with Crippen molar-refractivity contribution in [3.8, 4) is 0 Å². The van der Waals surface area contributed by atoms with Crippen molar-refractivity contribution in [2.75, 3.05) is 13.2 Å². The Morgan fingerprint density at radius 3 is 2.09 bits per heavy atom. The molecule has 0 heterocycles. The van der Waals surface area contributed by atoms with Crippen LogP contribution in [0, 0.1) is 0 Å². The van der Waals surface area contributed by atoms with Gasteiger partial charge in [0.2, 0.25) is 0 Å². The van der Waals surface area contributed by atoms with Crippen LogP contribution in [0.15, 0.2) is 0 Å². The van der Waals surface area contributed by atoms with Crippen molar-refractivity contribution >= 4 is 33.9 Å². The van der Waals surface area contributed by atoms with Crippen LogP contribution in [0.3, 0.4) is 0 Å². The highest BCUT2D eigenvalue weighted by atomic mass is 35.5. The Hall–Kier alpha value is 0.370. The summed E-state index contributed by atoms with van der Waals surface area (Å²) < 4.78 is 28.9. The van der Waals surface area contributed by atoms with E-state index < -0.39 is 10.3 Å². The minimum atomic E-state index is -4.54. The molecule has 6 nitrogen and oxygen atoms in total. The molecule has 0 aromatic carbocycles. The SMILES string of the molecule is O=S(=O)(O)N(Cl)N(Cl)CCO. The van der Waals surface area contributed by atoms with Crippen LogP contribution in [-0.2, 0) is 10.3 Å². The van der Waals surface area contributed by atoms with Gasteiger partial charge in [0.05, 0.1) is 13.2 Å². The van der Waals surface area contributed by atoms with E-state index in [1.807, 2.05) is 0 Å². The van der Waals surface area contributed by atoms with Gasteiger partial charge in [0, 0.05) is 11.8 Å². The second-order valence-electron chi connectivity index (χ2n) is 1.46. The Balaban J connectivity index is 4.14. The maximum absolute atomic E-state index is 10.2. The highest BCUT2D eigenvalue weighted by molar-refractivity contribution is 7.84. The van der Waals surface area contributed by atoms with Gasteiger partial charge in [-0.05, 0) is 15.7 Å². The van der Waals surface area contributed by atoms with Crippen LogP contribution in [0.25, 0.3) is 0 Å². The first-order chi connectivity index (χ1) is 4.89. The predicted molar refractivity (Wildman–Crippen MR) is 38.9 cm³/mol. The number of halogens is 2. The summed E-state index contributed by atoms with van der Waals surface area (Å²) in [5.74, 6) is 0. The molecule has 0 radical (unpaired) electrons. The molecule has 0 bridgehead atoms. The Kier molecular flexibility index (Phi) is 4.56. The minimum absolute atomic E-state index is 0.120. The molecule has 0 atom stereocenters. The molecule has 9 heteroatoms. The van der Waals surface area contributed by atoms with E-state index in [4.69, 9.17) is 33.2 Å². The summed E-state index contributed by atoms with van der Waals surface area (Å²) in [6.07, 6.45) is 0. The molecule has 2 N–H and O–H groups in total. The molecule has 68 valence electrons. The topological polar surface area (TPSA) is 81.1 Å². The van der Waals surface area contributed by atoms with Crippen LogP contribution >= 0.6 is 23.6 Å². The maximum atomic E-state index is 10.2. The van der Waals surface area contributed by atoms with E-state index in [0.717, 1.165) is 0 Å². The average molecular weight is 225 g/mol. The van der Waals surface area contributed by atoms with Gasteiger partial charge in [-0.2, -0.15) is 8.42 Å². The number of nitrogens with zero attached hydrogens (tertiary/aromatic N) is 2. The van der Waals surface area contributed by atoms with Crippen molar-refractivity contribution < 1.29 is 18.1 Å². The van der Waals surface area contributed by atoms with Crippen LogP contribution in [0.1, 0.15) is 0 Å². The smallest absolute Gasteiger partial charge is 0.364 e. The summed E-state index contributed by atoms with van der Waals surface area (Å²) in [5.41, 5.74) is 0. The second-order valence-corrected chi connectivity index (χ2v) is 3.61. The van der Waals surface area contributed by atoms with Gasteiger partial charge >= 0.3 is 10.3 Å². The molecule has 0 aliphatic carbocycles. The molecule has 0 unspecified atom stereocenters. The standard InChI is InChI=1S/C2H6Cl2N2O4S/c3-5(1-2-7)6(4)11(8,9)10/h7H,1-2H2,(H,8,9,10). The molecule has 0 amide bonds. The second kappa shape index (κ2) is 4.41. The third-order valence-electron chi connectivity index (χ3n) is 0.646. The number of hydrogen-bond acceptors (Lipinski definition) is 4. The van der Waals surface area contributed by atoms with E-state index in [1.165, 1.54) is 0 Å². The summed E-state index contributed by atoms with van der Waals surface area (Å²) in [6.45, 7) is -0.604. The fraction of sp³-hybridized carbons (Fsp3) is 1.00. The summed E-state index contributed by atoms with van der Waals surface area (Å²) in [4.78, 5) is 0. The fourth-order valence-corrected chi connectivity index (χ4v) is 0.964. The van der Waals surface area contributed by atoms with Gasteiger partial charge in [-0.15, -0.1) is 4.53 Å². The normalized spacial score (nSPS) is 12.9. The van der Waals surface area contributed by atoms with E-state index in [0.29, 0.717) is 4.53 Å². The predicted octanol–water partition coefficient (Wildman–Crippen LogP) is -0.392. The zero-order valence-electron chi connectivity index (χ0n) is 5.18. The number of aliphatic hydroxyl groups is 1. The maximum Gasteiger partial charge on any atom is 0.364 e. The van der Waals surface area contributed by atoms with Crippen molar-refractivity contribution in [2.45, 2.75) is 0 Å². The number of aliphatic hydroxyl groups excluding tert-OH is 1. The molecule has 0 rings (SSSR count). The molecule has 0 spiro atoms. The Morgan fingerprint density at radius 1 is 1.36 bits per heavy atom. The quantitative estimate of drug-likeness (QED) is 0.386. The van der Waals surface area contributed by atoms with Crippen LogP contribution < -0.4 is 0 Å². The van der Waals surface area contributed by atoms with Gasteiger partial charge in [-0.3, -0.25) is 4.55 Å². The summed E-state index contributed by atoms with van der Waals surface area (Å²) >= 11 is 10.1. The van der Waals surface area contributed by atoms with Crippen molar-refractivity contribution in [2.24, 2.45) is 0 Å². The first kappa shape index (κ1) is 11.4. The molecule has 0 saturated carbocycles. The molecule has 0 aliphatic rings. The van der Waals surface area contributed by atoms with Gasteiger partial charge in [0.15, 0.2) is 0 Å². The largest absolute Gasteiger partial charge is 0.395 e. The first-order valence-electron chi connectivity index (χ1n) is 2.37. The van der Waals surface area contributed by atoms with Gasteiger partial charge in [0.1, 0.15) is 0 Å². The molecular weight excluding hydrogens is 219 g/mol. The third kappa shape index (κ3) is 4.06. The van der Waals surface area contributed by atoms with E-state index in [9.17, 15) is 8.42 Å². The summed E-state index contributed by atoms with van der Waals surface area (Å²) in [6, 6.07) is 0. The monoisotopic (exact) mass is 224 g/mol. The Morgan fingerprint density at radius 2 is 1.82 bits per heavy atom. The van der Waals surface area contributed by atoms with E-state index in [2.05, 4.69) is 0 Å². The lowest BCUT2D eigenvalue weighted by molar-refractivity contribution is 0.192. The number of rotatable bonds is 4. The zero-order valence-corrected chi connectivity index (χ0v) is 7.51. The Labute approximate surface area is 74.0 Å². The lowest BCUT2D eigenvalue weighted by atomic mass is 10.7. The highest BCUT2D eigenvalue weighted by Gasteiger charge is 2.22. The van der Waals surface area contributed by atoms with Gasteiger partial charge < -0.3 is 5.11 Å². The van der Waals surface area contributed by atoms with Crippen LogP contribution in [0.5, 0.6) is 0 Å². The van der Waals surface area contributed by atoms with Crippen molar-refractivity contribution in [1.29, 1.82) is 0 Å². The summed E-state index contributed by atoms with van der Waals surface area (Å²) in [7, 11) is -4.54. The van der Waals surface area contributed by atoms with Crippen LogP contribution in [0.2, 0.25) is 0 Å². The van der Waals surface area contributed by atoms with Crippen LogP contribution in [-0.4, -0.2) is 39.7 Å². The highest BCUT2D eigenvalue weighted by Crippen LogP contribution is 2.09. The lowest BCUT2D eigenvalue weighted by Gasteiger charge is -2.16. The van der Waals surface area contributed by atoms with Crippen molar-refractivity contribution in [3.05, 3.63) is 0 Å². The first-order valence-corrected chi connectivity index (χ1v) is 4.44. The number of hydrazine groups is 1. The molecule has 0 aromatic rings. The zero-order chi connectivity index (χ0) is 9.07. The van der Waals surface area contributed by atoms with E-state index in [-0.39, 0.29) is 17.1 Å². The third-order valence-corrected chi connectivity index (χ3v) is 2.42. The molecular formula is C2H6Cl2N2O4S. The lowest BCUT2D eigenvalue weighted by Crippen LogP contribution is -2.34. The van der Waals surface area contributed by atoms with E-state index >= 15 is 0 Å².